The van der Waals surface area contributed by atoms with E-state index in [0.717, 1.165) is 64.2 Å². The molecule has 0 fully saturated rings. The number of quaternary nitrogens is 1. The maximum Gasteiger partial charge on any atom is 0.472 e. The second-order valence-corrected chi connectivity index (χ2v) is 22.1. The largest absolute Gasteiger partial charge is 0.472 e. The molecule has 1 N–H and O–H groups in total. The summed E-state index contributed by atoms with van der Waals surface area (Å²) in [5.74, 6) is -0.805. The number of esters is 2. The summed E-state index contributed by atoms with van der Waals surface area (Å²) in [6.07, 6.45) is 63.2. The molecule has 0 aromatic rings. The Hall–Kier alpha value is -2.03. The Morgan fingerprint density at radius 2 is 0.783 bits per heavy atom. The third kappa shape index (κ3) is 55.1. The molecule has 0 aromatic heterocycles. The lowest BCUT2D eigenvalue weighted by Gasteiger charge is -2.24. The van der Waals surface area contributed by atoms with Gasteiger partial charge in [-0.05, 0) is 77.0 Å². The molecule has 0 bridgehead atoms. The normalized spacial score (nSPS) is 13.7. The van der Waals surface area contributed by atoms with Gasteiger partial charge >= 0.3 is 19.8 Å². The van der Waals surface area contributed by atoms with Crippen molar-refractivity contribution >= 4 is 19.8 Å². The van der Waals surface area contributed by atoms with Crippen LogP contribution >= 0.6 is 7.82 Å². The second-order valence-electron chi connectivity index (χ2n) is 20.7. The summed E-state index contributed by atoms with van der Waals surface area (Å²) in [5.41, 5.74) is 0. The Morgan fingerprint density at radius 1 is 0.449 bits per heavy atom. The smallest absolute Gasteiger partial charge is 0.462 e. The summed E-state index contributed by atoms with van der Waals surface area (Å²) in [6, 6.07) is 0. The number of ether oxygens (including phenoxy) is 2. The van der Waals surface area contributed by atoms with Crippen LogP contribution in [0, 0.1) is 0 Å². The summed E-state index contributed by atoms with van der Waals surface area (Å²) in [7, 11) is 1.47. The van der Waals surface area contributed by atoms with Gasteiger partial charge in [-0.2, -0.15) is 0 Å². The van der Waals surface area contributed by atoms with E-state index in [0.29, 0.717) is 17.4 Å². The zero-order valence-electron chi connectivity index (χ0n) is 45.8. The Kier molecular flexibility index (Phi) is 49.4. The topological polar surface area (TPSA) is 108 Å². The number of unbranched alkanes of at least 4 members (excludes halogenated alkanes) is 31. The molecule has 69 heavy (non-hydrogen) atoms. The monoisotopic (exact) mass is 993 g/mol. The van der Waals surface area contributed by atoms with Gasteiger partial charge in [-0.3, -0.25) is 18.6 Å². The lowest BCUT2D eigenvalue weighted by molar-refractivity contribution is -0.870. The van der Waals surface area contributed by atoms with Crippen LogP contribution in [0.5, 0.6) is 0 Å². The van der Waals surface area contributed by atoms with Crippen molar-refractivity contribution in [1.82, 2.24) is 0 Å². The van der Waals surface area contributed by atoms with Crippen LogP contribution in [0.3, 0.4) is 0 Å². The highest BCUT2D eigenvalue weighted by molar-refractivity contribution is 7.47. The van der Waals surface area contributed by atoms with Crippen molar-refractivity contribution in [2.45, 2.75) is 270 Å². The lowest BCUT2D eigenvalue weighted by Crippen LogP contribution is -2.37. The highest BCUT2D eigenvalue weighted by atomic mass is 31.2. The molecule has 0 amide bonds. The highest BCUT2D eigenvalue weighted by Gasteiger charge is 2.27. The predicted molar refractivity (Wildman–Crippen MR) is 293 cm³/mol. The number of hydrogen-bond donors (Lipinski definition) is 1. The third-order valence-electron chi connectivity index (χ3n) is 12.6. The van der Waals surface area contributed by atoms with Gasteiger partial charge in [0.2, 0.25) is 0 Å². The van der Waals surface area contributed by atoms with Gasteiger partial charge < -0.3 is 18.9 Å². The van der Waals surface area contributed by atoms with Crippen molar-refractivity contribution in [1.29, 1.82) is 0 Å². The van der Waals surface area contributed by atoms with Crippen molar-refractivity contribution in [3.05, 3.63) is 48.6 Å². The van der Waals surface area contributed by atoms with Gasteiger partial charge in [-0.25, -0.2) is 4.57 Å². The molecule has 9 nitrogen and oxygen atoms in total. The molecule has 0 saturated heterocycles. The maximum atomic E-state index is 12.8. The molecular formula is C59H111NO8P+. The maximum absolute atomic E-state index is 12.8. The highest BCUT2D eigenvalue weighted by Crippen LogP contribution is 2.43. The molecule has 0 heterocycles. The Labute approximate surface area is 426 Å². The molecule has 0 radical (unpaired) electrons. The first-order valence-corrected chi connectivity index (χ1v) is 30.4. The Morgan fingerprint density at radius 3 is 1.16 bits per heavy atom. The molecule has 0 aromatic carbocycles. The van der Waals surface area contributed by atoms with Gasteiger partial charge in [0.1, 0.15) is 19.8 Å². The van der Waals surface area contributed by atoms with Gasteiger partial charge in [-0.1, -0.05) is 223 Å². The molecule has 0 saturated carbocycles. The number of rotatable bonds is 53. The fourth-order valence-corrected chi connectivity index (χ4v) is 8.82. The second kappa shape index (κ2) is 50.9. The van der Waals surface area contributed by atoms with E-state index < -0.39 is 26.5 Å². The van der Waals surface area contributed by atoms with E-state index in [9.17, 15) is 19.0 Å². The van der Waals surface area contributed by atoms with E-state index in [2.05, 4.69) is 62.5 Å². The summed E-state index contributed by atoms with van der Waals surface area (Å²) >= 11 is 0. The summed E-state index contributed by atoms with van der Waals surface area (Å²) < 4.78 is 34.5. The number of likely N-dealkylation sites (N-methyl/N-ethyl adjacent to an activating group) is 1. The van der Waals surface area contributed by atoms with Crippen LogP contribution < -0.4 is 0 Å². The number of carbonyl (C=O) groups excluding carboxylic acids is 2. The van der Waals surface area contributed by atoms with Crippen LogP contribution in [0.25, 0.3) is 0 Å². The standard InChI is InChI=1S/C59H110NO8P/c1-6-8-10-12-14-16-18-20-22-24-25-26-27-28-29-30-31-32-33-34-35-36-38-40-42-44-46-48-50-52-59(62)68-57(56-67-69(63,64)66-54-53-60(3,4)5)55-65-58(61)51-49-47-45-43-41-39-37-23-21-19-17-15-13-11-9-7-2/h17-20,23-25,37,57H,6-16,21-22,26-36,38-56H2,1-5H3/p+1/b19-17-,20-18-,25-24-,37-23-. The minimum atomic E-state index is -4.39. The van der Waals surface area contributed by atoms with Crippen molar-refractivity contribution in [3.8, 4) is 0 Å². The molecule has 404 valence electrons. The minimum Gasteiger partial charge on any atom is -0.462 e. The van der Waals surface area contributed by atoms with Crippen molar-refractivity contribution in [3.63, 3.8) is 0 Å². The van der Waals surface area contributed by atoms with Crippen molar-refractivity contribution < 1.29 is 42.1 Å². The summed E-state index contributed by atoms with van der Waals surface area (Å²) in [4.78, 5) is 35.6. The van der Waals surface area contributed by atoms with E-state index in [4.69, 9.17) is 18.5 Å². The molecule has 0 spiro atoms. The number of carbonyl (C=O) groups is 2. The van der Waals surface area contributed by atoms with E-state index >= 15 is 0 Å². The molecule has 10 heteroatoms. The van der Waals surface area contributed by atoms with Crippen LogP contribution in [0.2, 0.25) is 0 Å². The zero-order chi connectivity index (χ0) is 50.6. The molecule has 0 aliphatic heterocycles. The molecule has 0 aliphatic rings. The number of nitrogens with zero attached hydrogens (tertiary/aromatic N) is 1. The number of phosphoric ester groups is 1. The first-order valence-electron chi connectivity index (χ1n) is 28.9. The average molecular weight is 994 g/mol. The van der Waals surface area contributed by atoms with Crippen LogP contribution in [-0.2, 0) is 32.7 Å². The van der Waals surface area contributed by atoms with Gasteiger partial charge in [0, 0.05) is 12.8 Å². The van der Waals surface area contributed by atoms with Gasteiger partial charge in [-0.15, -0.1) is 0 Å². The number of hydrogen-bond acceptors (Lipinski definition) is 7. The molecule has 2 atom stereocenters. The molecule has 0 aliphatic carbocycles. The van der Waals surface area contributed by atoms with Crippen LogP contribution in [0.1, 0.15) is 264 Å². The zero-order valence-corrected chi connectivity index (χ0v) is 46.7. The fourth-order valence-electron chi connectivity index (χ4n) is 8.08. The first kappa shape index (κ1) is 67.0. The van der Waals surface area contributed by atoms with Crippen molar-refractivity contribution in [2.75, 3.05) is 47.5 Å². The van der Waals surface area contributed by atoms with Crippen LogP contribution in [0.15, 0.2) is 48.6 Å². The molecule has 0 rings (SSSR count). The van der Waals surface area contributed by atoms with Crippen LogP contribution in [-0.4, -0.2) is 74.9 Å². The van der Waals surface area contributed by atoms with E-state index in [1.165, 1.54) is 167 Å². The summed E-state index contributed by atoms with van der Waals surface area (Å²) in [6.45, 7) is 4.41. The quantitative estimate of drug-likeness (QED) is 0.0211. The number of allylic oxidation sites excluding steroid dienone is 8. The summed E-state index contributed by atoms with van der Waals surface area (Å²) in [5, 5.41) is 0. The van der Waals surface area contributed by atoms with E-state index in [-0.39, 0.29) is 32.0 Å². The van der Waals surface area contributed by atoms with E-state index in [1.807, 2.05) is 21.1 Å². The van der Waals surface area contributed by atoms with Gasteiger partial charge in [0.25, 0.3) is 0 Å². The molecule has 2 unspecified atom stereocenters. The average Bonchev–Trinajstić information content (AvgIpc) is 3.31. The van der Waals surface area contributed by atoms with Crippen LogP contribution in [0.4, 0.5) is 0 Å². The SMILES string of the molecule is CCCCCC/C=C\C/C=C\CCCCCCCC(=O)OCC(COP(=O)(O)OCC[N+](C)(C)C)OC(=O)CCCCCCCCCCCCCCCCCCC/C=C\C/C=C\CCCCCCC. The number of phosphoric acid groups is 1. The molecular weight excluding hydrogens is 882 g/mol. The first-order chi connectivity index (χ1) is 33.5. The third-order valence-corrected chi connectivity index (χ3v) is 13.6. The Bertz CT molecular complexity index is 1310. The predicted octanol–water partition coefficient (Wildman–Crippen LogP) is 17.8. The van der Waals surface area contributed by atoms with Gasteiger partial charge in [0.05, 0.1) is 27.7 Å². The van der Waals surface area contributed by atoms with Crippen molar-refractivity contribution in [2.24, 2.45) is 0 Å². The van der Waals surface area contributed by atoms with Gasteiger partial charge in [0.15, 0.2) is 6.10 Å². The Balaban J connectivity index is 4.11. The minimum absolute atomic E-state index is 0.0295. The fraction of sp³-hybridized carbons (Fsp3) is 0.831. The van der Waals surface area contributed by atoms with E-state index in [1.54, 1.807) is 0 Å². The lowest BCUT2D eigenvalue weighted by atomic mass is 10.0.